The second kappa shape index (κ2) is 7.15. The predicted molar refractivity (Wildman–Crippen MR) is 119 cm³/mol. The molecule has 1 saturated carbocycles. The number of H-pyrrole nitrogens is 1. The molecule has 6 nitrogen and oxygen atoms in total. The summed E-state index contributed by atoms with van der Waals surface area (Å²) < 4.78 is 2.80. The number of aromatic amines is 1. The number of nitrogens with zero attached hydrogens (tertiary/aromatic N) is 4. The normalized spacial score (nSPS) is 13.7. The SMILES string of the molecule is C=C(C)CNc1nc(Br)cn2c(-c3ccc(-c4cnc(C5CC5)[nH]4)cc3)cnc12. The maximum Gasteiger partial charge on any atom is 0.180 e. The predicted octanol–water partition coefficient (Wildman–Crippen LogP) is 5.41. The molecule has 2 N–H and O–H groups in total. The standard InChI is InChI=1S/C22H21BrN6/c1-13(2)9-24-21-22-26-11-18(29(22)12-19(23)28-21)15-5-3-14(4-6-15)17-10-25-20(27-17)16-7-8-16/h3-6,10-12,16H,1,7-9H2,2H3,(H,24,28)(H,25,27). The van der Waals surface area contributed by atoms with Gasteiger partial charge < -0.3 is 10.3 Å². The Labute approximate surface area is 177 Å². The van der Waals surface area contributed by atoms with Gasteiger partial charge in [0.25, 0.3) is 0 Å². The highest BCUT2D eigenvalue weighted by atomic mass is 79.9. The fraction of sp³-hybridized carbons (Fsp3) is 0.227. The summed E-state index contributed by atoms with van der Waals surface area (Å²) >= 11 is 3.51. The zero-order chi connectivity index (χ0) is 20.0. The summed E-state index contributed by atoms with van der Waals surface area (Å²) in [4.78, 5) is 17.1. The molecule has 1 aliphatic rings. The molecule has 0 saturated heterocycles. The zero-order valence-electron chi connectivity index (χ0n) is 16.1. The highest BCUT2D eigenvalue weighted by molar-refractivity contribution is 9.10. The molecule has 0 amide bonds. The number of halogens is 1. The minimum absolute atomic E-state index is 0.626. The highest BCUT2D eigenvalue weighted by Gasteiger charge is 2.26. The van der Waals surface area contributed by atoms with E-state index in [1.165, 1.54) is 12.8 Å². The summed E-state index contributed by atoms with van der Waals surface area (Å²) in [6.07, 6.45) is 8.24. The van der Waals surface area contributed by atoms with Crippen LogP contribution < -0.4 is 5.32 Å². The highest BCUT2D eigenvalue weighted by Crippen LogP contribution is 2.39. The minimum atomic E-state index is 0.626. The lowest BCUT2D eigenvalue weighted by Crippen LogP contribution is -2.06. The fourth-order valence-corrected chi connectivity index (χ4v) is 3.78. The molecule has 7 heteroatoms. The van der Waals surface area contributed by atoms with Gasteiger partial charge in [-0.1, -0.05) is 36.4 Å². The van der Waals surface area contributed by atoms with Gasteiger partial charge in [-0.15, -0.1) is 0 Å². The maximum absolute atomic E-state index is 4.60. The maximum atomic E-state index is 4.60. The lowest BCUT2D eigenvalue weighted by atomic mass is 10.1. The third-order valence-electron chi connectivity index (χ3n) is 5.07. The topological polar surface area (TPSA) is 70.9 Å². The van der Waals surface area contributed by atoms with Gasteiger partial charge in [-0.25, -0.2) is 15.0 Å². The average Bonchev–Trinajstić information content (AvgIpc) is 3.29. The molecule has 0 bridgehead atoms. The van der Waals surface area contributed by atoms with Crippen molar-refractivity contribution in [2.75, 3.05) is 11.9 Å². The molecule has 3 heterocycles. The van der Waals surface area contributed by atoms with Crippen molar-refractivity contribution < 1.29 is 0 Å². The minimum Gasteiger partial charge on any atom is -0.363 e. The van der Waals surface area contributed by atoms with Gasteiger partial charge in [-0.3, -0.25) is 4.40 Å². The van der Waals surface area contributed by atoms with Gasteiger partial charge in [0.1, 0.15) is 10.4 Å². The number of benzene rings is 1. The summed E-state index contributed by atoms with van der Waals surface area (Å²) in [6, 6.07) is 8.47. The van der Waals surface area contributed by atoms with Crippen LogP contribution in [0.2, 0.25) is 0 Å². The number of rotatable bonds is 6. The molecule has 0 aliphatic heterocycles. The summed E-state index contributed by atoms with van der Waals surface area (Å²) in [5.41, 5.74) is 6.12. The van der Waals surface area contributed by atoms with Gasteiger partial charge in [0, 0.05) is 24.2 Å². The molecule has 0 spiro atoms. The number of hydrogen-bond donors (Lipinski definition) is 2. The van der Waals surface area contributed by atoms with Crippen molar-refractivity contribution >= 4 is 27.4 Å². The molecule has 4 aromatic rings. The summed E-state index contributed by atoms with van der Waals surface area (Å²) in [6.45, 7) is 6.57. The molecule has 1 fully saturated rings. The fourth-order valence-electron chi connectivity index (χ4n) is 3.39. The van der Waals surface area contributed by atoms with Crippen LogP contribution in [0, 0.1) is 0 Å². The van der Waals surface area contributed by atoms with E-state index in [4.69, 9.17) is 0 Å². The number of anilines is 1. The van der Waals surface area contributed by atoms with E-state index in [9.17, 15) is 0 Å². The molecule has 0 atom stereocenters. The van der Waals surface area contributed by atoms with Gasteiger partial charge in [-0.2, -0.15) is 0 Å². The Bertz CT molecular complexity index is 1200. The van der Waals surface area contributed by atoms with Crippen LogP contribution in [0.1, 0.15) is 31.5 Å². The van der Waals surface area contributed by atoms with Crippen molar-refractivity contribution in [3.05, 3.63) is 65.4 Å². The number of fused-ring (bicyclic) bond motifs is 1. The van der Waals surface area contributed by atoms with E-state index >= 15 is 0 Å². The molecule has 0 unspecified atom stereocenters. The molecule has 3 aromatic heterocycles. The molecule has 5 rings (SSSR count). The van der Waals surface area contributed by atoms with Gasteiger partial charge in [0.2, 0.25) is 0 Å². The van der Waals surface area contributed by atoms with Crippen LogP contribution in [0.25, 0.3) is 28.2 Å². The van der Waals surface area contributed by atoms with E-state index < -0.39 is 0 Å². The quantitative estimate of drug-likeness (QED) is 0.386. The molecular formula is C22H21BrN6. The lowest BCUT2D eigenvalue weighted by Gasteiger charge is -2.09. The Morgan fingerprint density at radius 2 is 1.97 bits per heavy atom. The van der Waals surface area contributed by atoms with Crippen LogP contribution >= 0.6 is 15.9 Å². The third kappa shape index (κ3) is 3.58. The van der Waals surface area contributed by atoms with Gasteiger partial charge in [0.05, 0.1) is 23.8 Å². The Balaban J connectivity index is 1.47. The second-order valence-electron chi connectivity index (χ2n) is 7.59. The first-order chi connectivity index (χ1) is 14.1. The third-order valence-corrected chi connectivity index (χ3v) is 5.45. The Kier molecular flexibility index (Phi) is 4.47. The van der Waals surface area contributed by atoms with E-state index in [1.807, 2.05) is 29.9 Å². The van der Waals surface area contributed by atoms with E-state index in [1.54, 1.807) is 0 Å². The smallest absolute Gasteiger partial charge is 0.180 e. The summed E-state index contributed by atoms with van der Waals surface area (Å²) in [5, 5.41) is 3.30. The van der Waals surface area contributed by atoms with Crippen molar-refractivity contribution in [1.82, 2.24) is 24.3 Å². The van der Waals surface area contributed by atoms with Crippen LogP contribution in [0.3, 0.4) is 0 Å². The van der Waals surface area contributed by atoms with E-state index in [-0.39, 0.29) is 0 Å². The number of nitrogens with one attached hydrogen (secondary N) is 2. The first kappa shape index (κ1) is 18.1. The first-order valence-electron chi connectivity index (χ1n) is 9.66. The van der Waals surface area contributed by atoms with Crippen molar-refractivity contribution in [3.8, 4) is 22.5 Å². The van der Waals surface area contributed by atoms with E-state index in [0.29, 0.717) is 12.5 Å². The number of hydrogen-bond acceptors (Lipinski definition) is 4. The van der Waals surface area contributed by atoms with Crippen LogP contribution in [-0.4, -0.2) is 30.9 Å². The Hall–Kier alpha value is -2.93. The number of aromatic nitrogens is 5. The molecule has 1 aromatic carbocycles. The average molecular weight is 449 g/mol. The van der Waals surface area contributed by atoms with E-state index in [2.05, 4.69) is 72.0 Å². The van der Waals surface area contributed by atoms with Crippen LogP contribution in [0.15, 0.2) is 59.6 Å². The first-order valence-corrected chi connectivity index (χ1v) is 10.5. The second-order valence-corrected chi connectivity index (χ2v) is 8.41. The summed E-state index contributed by atoms with van der Waals surface area (Å²) in [5.74, 6) is 2.47. The molecule has 0 radical (unpaired) electrons. The number of imidazole rings is 2. The van der Waals surface area contributed by atoms with Crippen molar-refractivity contribution in [2.45, 2.75) is 25.7 Å². The van der Waals surface area contributed by atoms with Gasteiger partial charge in [0.15, 0.2) is 11.5 Å². The lowest BCUT2D eigenvalue weighted by molar-refractivity contribution is 0.977. The zero-order valence-corrected chi connectivity index (χ0v) is 17.7. The monoisotopic (exact) mass is 448 g/mol. The van der Waals surface area contributed by atoms with Crippen molar-refractivity contribution in [2.24, 2.45) is 0 Å². The van der Waals surface area contributed by atoms with Gasteiger partial charge >= 0.3 is 0 Å². The Morgan fingerprint density at radius 3 is 2.69 bits per heavy atom. The molecule has 146 valence electrons. The van der Waals surface area contributed by atoms with E-state index in [0.717, 1.165) is 50.0 Å². The molecule has 29 heavy (non-hydrogen) atoms. The molecular weight excluding hydrogens is 428 g/mol. The Morgan fingerprint density at radius 1 is 1.21 bits per heavy atom. The largest absolute Gasteiger partial charge is 0.363 e. The van der Waals surface area contributed by atoms with Crippen molar-refractivity contribution in [1.29, 1.82) is 0 Å². The van der Waals surface area contributed by atoms with Crippen LogP contribution in [-0.2, 0) is 0 Å². The van der Waals surface area contributed by atoms with Crippen molar-refractivity contribution in [3.63, 3.8) is 0 Å². The molecule has 1 aliphatic carbocycles. The van der Waals surface area contributed by atoms with Crippen LogP contribution in [0.5, 0.6) is 0 Å². The van der Waals surface area contributed by atoms with Crippen LogP contribution in [0.4, 0.5) is 5.82 Å². The summed E-state index contributed by atoms with van der Waals surface area (Å²) in [7, 11) is 0. The van der Waals surface area contributed by atoms with Gasteiger partial charge in [-0.05, 0) is 41.3 Å².